The highest BCUT2D eigenvalue weighted by Gasteiger charge is 2.32. The van der Waals surface area contributed by atoms with Crippen molar-refractivity contribution in [2.24, 2.45) is 5.92 Å². The minimum atomic E-state index is 0.682. The zero-order chi connectivity index (χ0) is 14.5. The van der Waals surface area contributed by atoms with Crippen LogP contribution in [0.15, 0.2) is 18.5 Å². The Morgan fingerprint density at radius 1 is 1.19 bits per heavy atom. The van der Waals surface area contributed by atoms with Gasteiger partial charge in [-0.05, 0) is 62.3 Å². The maximum absolute atomic E-state index is 4.19. The number of aryl methyl sites for hydroxylation is 1. The van der Waals surface area contributed by atoms with E-state index in [0.717, 1.165) is 18.5 Å². The second-order valence-corrected chi connectivity index (χ2v) is 6.79. The summed E-state index contributed by atoms with van der Waals surface area (Å²) in [5.74, 6) is 0.821. The molecule has 3 nitrogen and oxygen atoms in total. The Bertz CT molecular complexity index is 440. The van der Waals surface area contributed by atoms with Gasteiger partial charge in [0, 0.05) is 31.0 Å². The highest BCUT2D eigenvalue weighted by Crippen LogP contribution is 2.30. The second kappa shape index (κ2) is 7.37. The molecule has 3 atom stereocenters. The van der Waals surface area contributed by atoms with Gasteiger partial charge in [-0.15, -0.1) is 0 Å². The van der Waals surface area contributed by atoms with Gasteiger partial charge in [-0.2, -0.15) is 0 Å². The van der Waals surface area contributed by atoms with Crippen molar-refractivity contribution in [3.63, 3.8) is 0 Å². The minimum absolute atomic E-state index is 0.682. The highest BCUT2D eigenvalue weighted by atomic mass is 15.0. The van der Waals surface area contributed by atoms with Crippen molar-refractivity contribution in [2.75, 3.05) is 6.54 Å². The van der Waals surface area contributed by atoms with Gasteiger partial charge in [-0.3, -0.25) is 4.98 Å². The molecule has 2 N–H and O–H groups in total. The summed E-state index contributed by atoms with van der Waals surface area (Å²) in [6, 6.07) is 3.58. The number of hydrogen-bond donors (Lipinski definition) is 2. The minimum Gasteiger partial charge on any atom is -0.314 e. The molecule has 2 fully saturated rings. The Morgan fingerprint density at radius 2 is 2.05 bits per heavy atom. The molecule has 116 valence electrons. The van der Waals surface area contributed by atoms with E-state index in [1.165, 1.54) is 62.6 Å². The van der Waals surface area contributed by atoms with Gasteiger partial charge >= 0.3 is 0 Å². The van der Waals surface area contributed by atoms with Gasteiger partial charge in [-0.1, -0.05) is 19.3 Å². The number of nitrogens with one attached hydrogen (secondary N) is 2. The highest BCUT2D eigenvalue weighted by molar-refractivity contribution is 5.21. The lowest BCUT2D eigenvalue weighted by Gasteiger charge is -2.40. The van der Waals surface area contributed by atoms with Gasteiger partial charge in [0.15, 0.2) is 0 Å². The van der Waals surface area contributed by atoms with Gasteiger partial charge in [0.1, 0.15) is 0 Å². The first-order valence-corrected chi connectivity index (χ1v) is 8.71. The van der Waals surface area contributed by atoms with E-state index in [-0.39, 0.29) is 0 Å². The van der Waals surface area contributed by atoms with Crippen molar-refractivity contribution in [1.82, 2.24) is 15.6 Å². The topological polar surface area (TPSA) is 37.0 Å². The Kier molecular flexibility index (Phi) is 5.26. The maximum atomic E-state index is 4.19. The van der Waals surface area contributed by atoms with Gasteiger partial charge < -0.3 is 10.6 Å². The number of piperidine rings is 1. The summed E-state index contributed by atoms with van der Waals surface area (Å²) in [6.45, 7) is 4.37. The van der Waals surface area contributed by atoms with Crippen LogP contribution in [-0.4, -0.2) is 23.6 Å². The van der Waals surface area contributed by atoms with Gasteiger partial charge in [0.2, 0.25) is 0 Å². The number of pyridine rings is 1. The molecule has 0 amide bonds. The van der Waals surface area contributed by atoms with E-state index in [1.54, 1.807) is 0 Å². The predicted molar refractivity (Wildman–Crippen MR) is 87.2 cm³/mol. The first kappa shape index (κ1) is 15.0. The van der Waals surface area contributed by atoms with Crippen molar-refractivity contribution >= 4 is 0 Å². The molecule has 0 spiro atoms. The molecule has 1 aromatic heterocycles. The molecule has 1 aromatic rings. The molecule has 2 aliphatic rings. The van der Waals surface area contributed by atoms with Gasteiger partial charge in [0.25, 0.3) is 0 Å². The molecular weight excluding hydrogens is 258 g/mol. The van der Waals surface area contributed by atoms with E-state index < -0.39 is 0 Å². The second-order valence-electron chi connectivity index (χ2n) is 6.79. The van der Waals surface area contributed by atoms with E-state index in [4.69, 9.17) is 0 Å². The maximum Gasteiger partial charge on any atom is 0.0300 e. The standard InChI is InChI=1S/C18H29N3/c1-14-12-19-11-9-15(14)13-21-18-7-3-2-6-16(18)17-8-4-5-10-20-17/h9,11-12,16-18,20-21H,2-8,10,13H2,1H3. The fourth-order valence-corrected chi connectivity index (χ4v) is 4.08. The molecular formula is C18H29N3. The van der Waals surface area contributed by atoms with E-state index in [1.807, 2.05) is 12.4 Å². The molecule has 0 aromatic carbocycles. The first-order chi connectivity index (χ1) is 10.3. The van der Waals surface area contributed by atoms with Crippen LogP contribution >= 0.6 is 0 Å². The molecule has 1 saturated carbocycles. The van der Waals surface area contributed by atoms with Crippen LogP contribution in [0, 0.1) is 12.8 Å². The van der Waals surface area contributed by atoms with Crippen LogP contribution < -0.4 is 10.6 Å². The van der Waals surface area contributed by atoms with Crippen LogP contribution in [-0.2, 0) is 6.54 Å². The van der Waals surface area contributed by atoms with E-state index in [9.17, 15) is 0 Å². The quantitative estimate of drug-likeness (QED) is 0.893. The van der Waals surface area contributed by atoms with E-state index in [2.05, 4.69) is 28.6 Å². The summed E-state index contributed by atoms with van der Waals surface area (Å²) in [7, 11) is 0. The molecule has 0 radical (unpaired) electrons. The number of hydrogen-bond acceptors (Lipinski definition) is 3. The van der Waals surface area contributed by atoms with E-state index in [0.29, 0.717) is 6.04 Å². The number of rotatable bonds is 4. The van der Waals surface area contributed by atoms with Crippen LogP contribution in [0.4, 0.5) is 0 Å². The molecule has 3 heteroatoms. The molecule has 1 aliphatic heterocycles. The fraction of sp³-hybridized carbons (Fsp3) is 0.722. The number of nitrogens with zero attached hydrogens (tertiary/aromatic N) is 1. The number of aromatic nitrogens is 1. The summed E-state index contributed by atoms with van der Waals surface area (Å²) in [5.41, 5.74) is 2.69. The molecule has 2 heterocycles. The van der Waals surface area contributed by atoms with Crippen molar-refractivity contribution in [3.05, 3.63) is 29.6 Å². The Balaban J connectivity index is 1.60. The third-order valence-electron chi connectivity index (χ3n) is 5.38. The monoisotopic (exact) mass is 287 g/mol. The molecule has 3 rings (SSSR count). The largest absolute Gasteiger partial charge is 0.314 e. The Morgan fingerprint density at radius 3 is 2.86 bits per heavy atom. The summed E-state index contributed by atoms with van der Waals surface area (Å²) < 4.78 is 0. The molecule has 0 bridgehead atoms. The molecule has 21 heavy (non-hydrogen) atoms. The van der Waals surface area contributed by atoms with Gasteiger partial charge in [0.05, 0.1) is 0 Å². The zero-order valence-corrected chi connectivity index (χ0v) is 13.3. The lowest BCUT2D eigenvalue weighted by molar-refractivity contribution is 0.181. The molecule has 1 aliphatic carbocycles. The smallest absolute Gasteiger partial charge is 0.0300 e. The van der Waals surface area contributed by atoms with Crippen molar-refractivity contribution in [2.45, 2.75) is 70.5 Å². The van der Waals surface area contributed by atoms with Crippen LogP contribution in [0.1, 0.15) is 56.1 Å². The third-order valence-corrected chi connectivity index (χ3v) is 5.38. The summed E-state index contributed by atoms with van der Waals surface area (Å²) in [4.78, 5) is 4.19. The molecule has 3 unspecified atom stereocenters. The predicted octanol–water partition coefficient (Wildman–Crippen LogP) is 3.18. The molecule has 1 saturated heterocycles. The van der Waals surface area contributed by atoms with Crippen LogP contribution in [0.5, 0.6) is 0 Å². The Labute approximate surface area is 128 Å². The summed E-state index contributed by atoms with van der Waals surface area (Å²) in [5, 5.41) is 7.64. The van der Waals surface area contributed by atoms with Crippen molar-refractivity contribution in [3.8, 4) is 0 Å². The average Bonchev–Trinajstić information content (AvgIpc) is 2.55. The van der Waals surface area contributed by atoms with Crippen LogP contribution in [0.2, 0.25) is 0 Å². The van der Waals surface area contributed by atoms with Crippen LogP contribution in [0.3, 0.4) is 0 Å². The Hall–Kier alpha value is -0.930. The third kappa shape index (κ3) is 3.83. The summed E-state index contributed by atoms with van der Waals surface area (Å²) >= 11 is 0. The van der Waals surface area contributed by atoms with Gasteiger partial charge in [-0.25, -0.2) is 0 Å². The lowest BCUT2D eigenvalue weighted by atomic mass is 9.77. The zero-order valence-electron chi connectivity index (χ0n) is 13.3. The van der Waals surface area contributed by atoms with Crippen molar-refractivity contribution in [1.29, 1.82) is 0 Å². The van der Waals surface area contributed by atoms with E-state index >= 15 is 0 Å². The SMILES string of the molecule is Cc1cnccc1CNC1CCCCC1C1CCCCN1. The fourth-order valence-electron chi connectivity index (χ4n) is 4.08. The summed E-state index contributed by atoms with van der Waals surface area (Å²) in [6.07, 6.45) is 13.5. The van der Waals surface area contributed by atoms with Crippen molar-refractivity contribution < 1.29 is 0 Å². The normalized spacial score (nSPS) is 30.2. The average molecular weight is 287 g/mol. The van der Waals surface area contributed by atoms with Crippen LogP contribution in [0.25, 0.3) is 0 Å². The first-order valence-electron chi connectivity index (χ1n) is 8.71. The lowest BCUT2D eigenvalue weighted by Crippen LogP contribution is -2.50.